The van der Waals surface area contributed by atoms with Crippen LogP contribution in [0.15, 0.2) is 21.5 Å². The lowest BCUT2D eigenvalue weighted by atomic mass is 10.3. The molecular formula is C7H6N2O2. The molecular weight excluding hydrogens is 144 g/mol. The fraction of sp³-hybridized carbons (Fsp3) is 0.143. The van der Waals surface area contributed by atoms with Crippen LogP contribution in [0, 0.1) is 6.92 Å². The molecule has 0 saturated heterocycles. The Morgan fingerprint density at radius 2 is 2.45 bits per heavy atom. The van der Waals surface area contributed by atoms with E-state index in [-0.39, 0.29) is 0 Å². The van der Waals surface area contributed by atoms with E-state index in [9.17, 15) is 4.79 Å². The molecule has 4 nitrogen and oxygen atoms in total. The summed E-state index contributed by atoms with van der Waals surface area (Å²) in [5.74, 6) is -0.457. The number of hydrogen-bond donors (Lipinski definition) is 1. The van der Waals surface area contributed by atoms with Crippen molar-refractivity contribution in [3.05, 3.63) is 28.4 Å². The number of aromatic nitrogens is 2. The highest BCUT2D eigenvalue weighted by molar-refractivity contribution is 5.71. The maximum atomic E-state index is 10.7. The molecule has 0 amide bonds. The van der Waals surface area contributed by atoms with Gasteiger partial charge in [0.15, 0.2) is 0 Å². The lowest BCUT2D eigenvalue weighted by Gasteiger charge is -1.88. The Balaban J connectivity index is 3.01. The largest absolute Gasteiger partial charge is 0.418 e. The number of H-pyrrole nitrogens is 1. The molecule has 0 aliphatic carbocycles. The van der Waals surface area contributed by atoms with Crippen molar-refractivity contribution >= 4 is 11.2 Å². The normalized spacial score (nSPS) is 10.6. The summed E-state index contributed by atoms with van der Waals surface area (Å²) < 4.78 is 4.73. The van der Waals surface area contributed by atoms with Crippen LogP contribution in [0.1, 0.15) is 5.56 Å². The Kier molecular flexibility index (Phi) is 1.09. The van der Waals surface area contributed by atoms with Gasteiger partial charge in [-0.05, 0) is 18.6 Å². The molecule has 0 spiro atoms. The van der Waals surface area contributed by atoms with Crippen molar-refractivity contribution in [2.24, 2.45) is 0 Å². The number of nitrogens with zero attached hydrogens (tertiary/aromatic N) is 1. The fourth-order valence-electron chi connectivity index (χ4n) is 0.978. The van der Waals surface area contributed by atoms with E-state index in [1.807, 2.05) is 13.0 Å². The van der Waals surface area contributed by atoms with Gasteiger partial charge in [0.25, 0.3) is 0 Å². The molecule has 0 saturated carbocycles. The Hall–Kier alpha value is -1.58. The Morgan fingerprint density at radius 1 is 1.64 bits per heavy atom. The van der Waals surface area contributed by atoms with Gasteiger partial charge in [-0.25, -0.2) is 9.78 Å². The van der Waals surface area contributed by atoms with Crippen molar-refractivity contribution < 1.29 is 4.42 Å². The second-order valence-electron chi connectivity index (χ2n) is 2.32. The van der Waals surface area contributed by atoms with E-state index in [1.54, 1.807) is 6.20 Å². The van der Waals surface area contributed by atoms with Gasteiger partial charge >= 0.3 is 5.76 Å². The van der Waals surface area contributed by atoms with E-state index in [0.29, 0.717) is 11.2 Å². The number of rotatable bonds is 0. The van der Waals surface area contributed by atoms with Gasteiger partial charge in [-0.15, -0.1) is 0 Å². The average Bonchev–Trinajstić information content (AvgIpc) is 2.31. The highest BCUT2D eigenvalue weighted by atomic mass is 16.4. The summed E-state index contributed by atoms with van der Waals surface area (Å²) in [5.41, 5.74) is 2.01. The van der Waals surface area contributed by atoms with Crippen LogP contribution in [0.2, 0.25) is 0 Å². The minimum atomic E-state index is -0.457. The van der Waals surface area contributed by atoms with Gasteiger partial charge in [-0.1, -0.05) is 0 Å². The number of nitrogens with one attached hydrogen (secondary N) is 1. The van der Waals surface area contributed by atoms with Gasteiger partial charge in [0, 0.05) is 6.20 Å². The van der Waals surface area contributed by atoms with Crippen LogP contribution < -0.4 is 5.76 Å². The van der Waals surface area contributed by atoms with Gasteiger partial charge < -0.3 is 4.42 Å². The minimum Gasteiger partial charge on any atom is -0.389 e. The summed E-state index contributed by atoms with van der Waals surface area (Å²) in [6.07, 6.45) is 1.61. The average molecular weight is 150 g/mol. The molecule has 0 unspecified atom stereocenters. The van der Waals surface area contributed by atoms with E-state index < -0.39 is 5.76 Å². The predicted octanol–water partition coefficient (Wildman–Crippen LogP) is 0.825. The first-order valence-electron chi connectivity index (χ1n) is 3.22. The highest BCUT2D eigenvalue weighted by Gasteiger charge is 2.02. The Morgan fingerprint density at radius 3 is 3.18 bits per heavy atom. The third-order valence-electron chi connectivity index (χ3n) is 1.54. The van der Waals surface area contributed by atoms with Crippen LogP contribution in [-0.2, 0) is 0 Å². The Labute approximate surface area is 61.9 Å². The molecule has 11 heavy (non-hydrogen) atoms. The first kappa shape index (κ1) is 6.15. The molecule has 0 radical (unpaired) electrons. The lowest BCUT2D eigenvalue weighted by Crippen LogP contribution is -1.93. The van der Waals surface area contributed by atoms with Crippen molar-refractivity contribution in [3.63, 3.8) is 0 Å². The maximum Gasteiger partial charge on any atom is 0.418 e. The predicted molar refractivity (Wildman–Crippen MR) is 39.4 cm³/mol. The van der Waals surface area contributed by atoms with E-state index in [1.165, 1.54) is 0 Å². The van der Waals surface area contributed by atoms with E-state index >= 15 is 0 Å². The fourth-order valence-corrected chi connectivity index (χ4v) is 0.978. The molecule has 1 N–H and O–H groups in total. The summed E-state index contributed by atoms with van der Waals surface area (Å²) in [5, 5.41) is 0. The lowest BCUT2D eigenvalue weighted by molar-refractivity contribution is 0.545. The first-order chi connectivity index (χ1) is 5.27. The molecule has 2 aromatic rings. The van der Waals surface area contributed by atoms with Gasteiger partial charge in [0.2, 0.25) is 5.71 Å². The number of fused-ring (bicyclic) bond motifs is 1. The third-order valence-corrected chi connectivity index (χ3v) is 1.54. The van der Waals surface area contributed by atoms with Crippen molar-refractivity contribution in [2.45, 2.75) is 6.92 Å². The van der Waals surface area contributed by atoms with Crippen LogP contribution in [0.25, 0.3) is 11.2 Å². The quantitative estimate of drug-likeness (QED) is 0.604. The summed E-state index contributed by atoms with van der Waals surface area (Å²) in [6, 6.07) is 1.81. The Bertz CT molecular complexity index is 441. The highest BCUT2D eigenvalue weighted by Crippen LogP contribution is 2.09. The van der Waals surface area contributed by atoms with Gasteiger partial charge in [0.05, 0.1) is 0 Å². The van der Waals surface area contributed by atoms with Crippen LogP contribution in [0.3, 0.4) is 0 Å². The molecule has 56 valence electrons. The second-order valence-corrected chi connectivity index (χ2v) is 2.32. The summed E-state index contributed by atoms with van der Waals surface area (Å²) in [6.45, 7) is 1.88. The van der Waals surface area contributed by atoms with Gasteiger partial charge in [-0.2, -0.15) is 0 Å². The van der Waals surface area contributed by atoms with E-state index in [4.69, 9.17) is 4.42 Å². The first-order valence-corrected chi connectivity index (χ1v) is 3.22. The topological polar surface area (TPSA) is 58.9 Å². The number of oxazole rings is 1. The van der Waals surface area contributed by atoms with Crippen LogP contribution in [0.5, 0.6) is 0 Å². The van der Waals surface area contributed by atoms with Crippen LogP contribution in [-0.4, -0.2) is 9.97 Å². The number of aromatic amines is 1. The molecule has 0 aliphatic rings. The van der Waals surface area contributed by atoms with Gasteiger partial charge in [0.1, 0.15) is 5.52 Å². The minimum absolute atomic E-state index is 0.370. The molecule has 0 aromatic carbocycles. The zero-order valence-electron chi connectivity index (χ0n) is 5.92. The van der Waals surface area contributed by atoms with E-state index in [2.05, 4.69) is 9.97 Å². The zero-order chi connectivity index (χ0) is 7.84. The third kappa shape index (κ3) is 0.832. The monoisotopic (exact) mass is 150 g/mol. The van der Waals surface area contributed by atoms with Crippen molar-refractivity contribution in [2.75, 3.05) is 0 Å². The molecule has 4 heteroatoms. The number of aryl methyl sites for hydroxylation is 1. The van der Waals surface area contributed by atoms with E-state index in [0.717, 1.165) is 5.56 Å². The molecule has 2 aromatic heterocycles. The number of hydrogen-bond acceptors (Lipinski definition) is 3. The maximum absolute atomic E-state index is 10.7. The zero-order valence-corrected chi connectivity index (χ0v) is 5.92. The summed E-state index contributed by atoms with van der Waals surface area (Å²) in [7, 11) is 0. The van der Waals surface area contributed by atoms with Gasteiger partial charge in [-0.3, -0.25) is 4.98 Å². The van der Waals surface area contributed by atoms with Crippen molar-refractivity contribution in [3.8, 4) is 0 Å². The second kappa shape index (κ2) is 1.95. The molecule has 0 aliphatic heterocycles. The number of pyridine rings is 1. The van der Waals surface area contributed by atoms with Crippen LogP contribution in [0.4, 0.5) is 0 Å². The molecule has 2 heterocycles. The molecule has 0 fully saturated rings. The summed E-state index contributed by atoms with van der Waals surface area (Å²) >= 11 is 0. The molecule has 2 rings (SSSR count). The standard InChI is InChI=1S/C7H6N2O2/c1-4-2-3-8-6-5(4)9-7(10)11-6/h2-3H,1H3,(H,9,10). The van der Waals surface area contributed by atoms with Crippen molar-refractivity contribution in [1.29, 1.82) is 0 Å². The van der Waals surface area contributed by atoms with Crippen LogP contribution >= 0.6 is 0 Å². The smallest absolute Gasteiger partial charge is 0.389 e. The van der Waals surface area contributed by atoms with Crippen molar-refractivity contribution in [1.82, 2.24) is 9.97 Å². The molecule has 0 atom stereocenters. The summed E-state index contributed by atoms with van der Waals surface area (Å²) in [4.78, 5) is 17.1. The SMILES string of the molecule is Cc1ccnc2oc(=O)[nH]c12. The molecule has 0 bridgehead atoms.